The van der Waals surface area contributed by atoms with E-state index in [1.807, 2.05) is 24.3 Å². The first-order valence-corrected chi connectivity index (χ1v) is 10.4. The van der Waals surface area contributed by atoms with E-state index < -0.39 is 21.3 Å². The molecule has 1 N–H and O–H groups in total. The Morgan fingerprint density at radius 1 is 1.07 bits per heavy atom. The number of methoxy groups -OCH3 is 2. The van der Waals surface area contributed by atoms with Crippen molar-refractivity contribution in [1.82, 2.24) is 4.72 Å². The van der Waals surface area contributed by atoms with Crippen molar-refractivity contribution >= 4 is 10.0 Å². The highest BCUT2D eigenvalue weighted by Crippen LogP contribution is 2.35. The average molecular weight is 409 g/mol. The van der Waals surface area contributed by atoms with Crippen molar-refractivity contribution in [3.8, 4) is 11.5 Å². The van der Waals surface area contributed by atoms with Gasteiger partial charge >= 0.3 is 0 Å². The van der Waals surface area contributed by atoms with Gasteiger partial charge in [-0.3, -0.25) is 0 Å². The molecule has 6 nitrogen and oxygen atoms in total. The summed E-state index contributed by atoms with van der Waals surface area (Å²) in [5.74, 6) is 0.0136. The molecule has 0 amide bonds. The zero-order chi connectivity index (χ0) is 20.2. The summed E-state index contributed by atoms with van der Waals surface area (Å²) in [4.78, 5) is -0.136. The predicted octanol–water partition coefficient (Wildman–Crippen LogP) is 2.87. The Labute approximate surface area is 164 Å². The van der Waals surface area contributed by atoms with Crippen LogP contribution in [-0.4, -0.2) is 42.4 Å². The number of hydrogen-bond acceptors (Lipinski definition) is 5. The lowest BCUT2D eigenvalue weighted by atomic mass is 9.74. The average Bonchev–Trinajstić information content (AvgIpc) is 2.73. The molecule has 1 aliphatic rings. The van der Waals surface area contributed by atoms with Crippen molar-refractivity contribution in [3.63, 3.8) is 0 Å². The van der Waals surface area contributed by atoms with Gasteiger partial charge in [-0.15, -0.1) is 0 Å². The van der Waals surface area contributed by atoms with Gasteiger partial charge in [0.2, 0.25) is 10.0 Å². The van der Waals surface area contributed by atoms with Crippen LogP contribution in [0.3, 0.4) is 0 Å². The van der Waals surface area contributed by atoms with Gasteiger partial charge in [0.05, 0.1) is 19.1 Å². The van der Waals surface area contributed by atoms with Gasteiger partial charge < -0.3 is 14.2 Å². The van der Waals surface area contributed by atoms with E-state index in [4.69, 9.17) is 14.2 Å². The molecule has 0 atom stereocenters. The minimum atomic E-state index is -3.88. The van der Waals surface area contributed by atoms with E-state index in [2.05, 4.69) is 4.72 Å². The number of rotatable bonds is 7. The molecule has 8 heteroatoms. The summed E-state index contributed by atoms with van der Waals surface area (Å²) >= 11 is 0. The second-order valence-electron chi connectivity index (χ2n) is 6.74. The van der Waals surface area contributed by atoms with Crippen LogP contribution in [0.5, 0.6) is 11.5 Å². The van der Waals surface area contributed by atoms with Crippen molar-refractivity contribution in [1.29, 1.82) is 0 Å². The molecule has 0 aromatic heterocycles. The molecule has 0 spiro atoms. The lowest BCUT2D eigenvalue weighted by molar-refractivity contribution is 0.0517. The van der Waals surface area contributed by atoms with Crippen molar-refractivity contribution < 1.29 is 27.0 Å². The SMILES string of the molecule is COc1ccc(C2(CNS(=O)(=O)c3ccc(OC)c(F)c3)CCOCC2)cc1. The number of nitrogens with one attached hydrogen (secondary N) is 1. The minimum Gasteiger partial charge on any atom is -0.497 e. The first-order chi connectivity index (χ1) is 13.4. The highest BCUT2D eigenvalue weighted by molar-refractivity contribution is 7.89. The van der Waals surface area contributed by atoms with Crippen LogP contribution < -0.4 is 14.2 Å². The minimum absolute atomic E-state index is 0.00178. The number of sulfonamides is 1. The summed E-state index contributed by atoms with van der Waals surface area (Å²) in [6.45, 7) is 1.29. The summed E-state index contributed by atoms with van der Waals surface area (Å²) < 4.78 is 57.6. The first-order valence-electron chi connectivity index (χ1n) is 8.96. The molecule has 0 radical (unpaired) electrons. The van der Waals surface area contributed by atoms with Crippen LogP contribution in [-0.2, 0) is 20.2 Å². The standard InChI is InChI=1S/C20H24FNO5S/c1-25-16-5-3-15(4-6-16)20(9-11-27-12-10-20)14-22-28(23,24)17-7-8-19(26-2)18(21)13-17/h3-8,13,22H,9-12,14H2,1-2H3. The number of hydrogen-bond donors (Lipinski definition) is 1. The van der Waals surface area contributed by atoms with Crippen LogP contribution in [0, 0.1) is 5.82 Å². The molecule has 2 aromatic carbocycles. The molecule has 0 aliphatic carbocycles. The molecule has 1 heterocycles. The molecule has 0 unspecified atom stereocenters. The molecule has 0 saturated carbocycles. The third kappa shape index (κ3) is 4.29. The molecule has 1 saturated heterocycles. The lowest BCUT2D eigenvalue weighted by Crippen LogP contribution is -2.44. The van der Waals surface area contributed by atoms with Crippen LogP contribution in [0.2, 0.25) is 0 Å². The van der Waals surface area contributed by atoms with Crippen LogP contribution in [0.25, 0.3) is 0 Å². The van der Waals surface area contributed by atoms with Gasteiger partial charge in [0.25, 0.3) is 0 Å². The van der Waals surface area contributed by atoms with Crippen molar-refractivity contribution in [2.24, 2.45) is 0 Å². The topological polar surface area (TPSA) is 73.9 Å². The highest BCUT2D eigenvalue weighted by atomic mass is 32.2. The molecule has 3 rings (SSSR count). The van der Waals surface area contributed by atoms with Gasteiger partial charge in [-0.25, -0.2) is 17.5 Å². The first kappa shape index (κ1) is 20.6. The van der Waals surface area contributed by atoms with E-state index in [0.29, 0.717) is 26.1 Å². The van der Waals surface area contributed by atoms with E-state index >= 15 is 0 Å². The Balaban J connectivity index is 1.84. The van der Waals surface area contributed by atoms with Crippen LogP contribution in [0.4, 0.5) is 4.39 Å². The highest BCUT2D eigenvalue weighted by Gasteiger charge is 2.36. The Hall–Kier alpha value is -2.16. The monoisotopic (exact) mass is 409 g/mol. The summed E-state index contributed by atoms with van der Waals surface area (Å²) in [5.41, 5.74) is 0.614. The Morgan fingerprint density at radius 2 is 1.75 bits per heavy atom. The van der Waals surface area contributed by atoms with Gasteiger partial charge in [0.1, 0.15) is 5.75 Å². The van der Waals surface area contributed by atoms with Gasteiger partial charge in [-0.05, 0) is 48.7 Å². The molecular weight excluding hydrogens is 385 g/mol. The van der Waals surface area contributed by atoms with Crippen LogP contribution in [0.15, 0.2) is 47.4 Å². The fraction of sp³-hybridized carbons (Fsp3) is 0.400. The Bertz CT molecular complexity index is 909. The fourth-order valence-corrected chi connectivity index (χ4v) is 4.54. The van der Waals surface area contributed by atoms with Crippen LogP contribution >= 0.6 is 0 Å². The molecule has 1 aliphatic heterocycles. The summed E-state index contributed by atoms with van der Waals surface area (Å²) in [7, 11) is -0.951. The maximum atomic E-state index is 13.9. The number of halogens is 1. The summed E-state index contributed by atoms with van der Waals surface area (Å²) in [6, 6.07) is 11.2. The van der Waals surface area contributed by atoms with Gasteiger partial charge in [-0.2, -0.15) is 0 Å². The molecular formula is C20H24FNO5S. The third-order valence-corrected chi connectivity index (χ3v) is 6.59. The fourth-order valence-electron chi connectivity index (χ4n) is 3.40. The Kier molecular flexibility index (Phi) is 6.22. The van der Waals surface area contributed by atoms with Gasteiger partial charge in [-0.1, -0.05) is 12.1 Å². The normalized spacial score (nSPS) is 16.5. The van der Waals surface area contributed by atoms with Gasteiger partial charge in [0.15, 0.2) is 11.6 Å². The second kappa shape index (κ2) is 8.46. The molecule has 2 aromatic rings. The quantitative estimate of drug-likeness (QED) is 0.761. The number of ether oxygens (including phenoxy) is 3. The van der Waals surface area contributed by atoms with Crippen molar-refractivity contribution in [3.05, 3.63) is 53.8 Å². The zero-order valence-corrected chi connectivity index (χ0v) is 16.7. The summed E-state index contributed by atoms with van der Waals surface area (Å²) in [5, 5.41) is 0. The van der Waals surface area contributed by atoms with E-state index in [-0.39, 0.29) is 17.2 Å². The summed E-state index contributed by atoms with van der Waals surface area (Å²) in [6.07, 6.45) is 1.36. The van der Waals surface area contributed by atoms with E-state index in [0.717, 1.165) is 17.4 Å². The maximum absolute atomic E-state index is 13.9. The Morgan fingerprint density at radius 3 is 2.32 bits per heavy atom. The van der Waals surface area contributed by atoms with Crippen molar-refractivity contribution in [2.75, 3.05) is 34.0 Å². The van der Waals surface area contributed by atoms with E-state index in [9.17, 15) is 12.8 Å². The predicted molar refractivity (Wildman–Crippen MR) is 103 cm³/mol. The van der Waals surface area contributed by atoms with E-state index in [1.165, 1.54) is 19.2 Å². The second-order valence-corrected chi connectivity index (χ2v) is 8.51. The lowest BCUT2D eigenvalue weighted by Gasteiger charge is -2.38. The number of benzene rings is 2. The van der Waals surface area contributed by atoms with E-state index in [1.54, 1.807) is 7.11 Å². The largest absolute Gasteiger partial charge is 0.497 e. The third-order valence-electron chi connectivity index (χ3n) is 5.19. The maximum Gasteiger partial charge on any atom is 0.240 e. The van der Waals surface area contributed by atoms with Gasteiger partial charge in [0, 0.05) is 25.2 Å². The van der Waals surface area contributed by atoms with Crippen LogP contribution in [0.1, 0.15) is 18.4 Å². The molecule has 152 valence electrons. The molecule has 1 fully saturated rings. The zero-order valence-electron chi connectivity index (χ0n) is 15.9. The smallest absolute Gasteiger partial charge is 0.240 e. The van der Waals surface area contributed by atoms with Crippen molar-refractivity contribution in [2.45, 2.75) is 23.2 Å². The molecule has 0 bridgehead atoms. The molecule has 28 heavy (non-hydrogen) atoms.